The first-order valence-electron chi connectivity index (χ1n) is 7.75. The molecule has 0 aliphatic carbocycles. The van der Waals surface area contributed by atoms with Crippen molar-refractivity contribution in [2.75, 3.05) is 0 Å². The molecule has 0 unspecified atom stereocenters. The van der Waals surface area contributed by atoms with Gasteiger partial charge in [-0.1, -0.05) is 0 Å². The first kappa shape index (κ1) is 19.8. The molecule has 0 aromatic carbocycles. The Bertz CT molecular complexity index is 653. The number of hydrogen-bond donors (Lipinski definition) is 2. The number of nitrogens with zero attached hydrogens (tertiary/aromatic N) is 2. The summed E-state index contributed by atoms with van der Waals surface area (Å²) in [7, 11) is 0. The van der Waals surface area contributed by atoms with Crippen LogP contribution in [0.25, 0.3) is 0 Å². The summed E-state index contributed by atoms with van der Waals surface area (Å²) in [6.45, 7) is 0. The summed E-state index contributed by atoms with van der Waals surface area (Å²) < 4.78 is -5.09. The van der Waals surface area contributed by atoms with Gasteiger partial charge in [0.1, 0.15) is 0 Å². The monoisotopic (exact) mass is 372 g/mol. The Morgan fingerprint density at radius 2 is 1.19 bits per heavy atom. The number of amides is 4. The number of rotatable bonds is 7. The van der Waals surface area contributed by atoms with Crippen molar-refractivity contribution < 1.29 is 58.7 Å². The van der Waals surface area contributed by atoms with Gasteiger partial charge in [0.25, 0.3) is 0 Å². The summed E-state index contributed by atoms with van der Waals surface area (Å²) in [5.74, 6) is -9.45. The maximum atomic E-state index is 12.2. The summed E-state index contributed by atoms with van der Waals surface area (Å²) in [6.07, 6.45) is -4.84. The second-order valence-corrected chi connectivity index (χ2v) is 6.18. The van der Waals surface area contributed by atoms with Crippen molar-refractivity contribution in [2.24, 2.45) is 0 Å². The van der Waals surface area contributed by atoms with Crippen molar-refractivity contribution in [1.82, 2.24) is 0 Å². The molecule has 0 aromatic heterocycles. The van der Waals surface area contributed by atoms with Crippen LogP contribution < -0.4 is 10.2 Å². The smallest absolute Gasteiger partial charge is 0.359 e. The van der Waals surface area contributed by atoms with E-state index in [9.17, 15) is 49.4 Å². The third-order valence-electron chi connectivity index (χ3n) is 4.85. The highest BCUT2D eigenvalue weighted by atomic mass is 16.6. The molecule has 2 heterocycles. The predicted molar refractivity (Wildman–Crippen MR) is 69.2 cm³/mol. The van der Waals surface area contributed by atoms with Crippen molar-refractivity contribution in [1.29, 1.82) is 0 Å². The van der Waals surface area contributed by atoms with Gasteiger partial charge in [-0.15, -0.1) is 0 Å². The molecule has 2 aliphatic heterocycles. The van der Waals surface area contributed by atoms with Crippen LogP contribution in [0, 0.1) is 0 Å². The number of carboxylic acid groups (broad SMARTS) is 2. The first-order chi connectivity index (χ1) is 12.0. The zero-order chi connectivity index (χ0) is 19.9. The van der Waals surface area contributed by atoms with Crippen LogP contribution in [-0.2, 0) is 28.8 Å². The number of likely N-dealkylation sites (tertiary alicyclic amines) is 2. The number of hydroxylamine groups is 6. The van der Waals surface area contributed by atoms with E-state index < -0.39 is 95.5 Å². The zero-order valence-electron chi connectivity index (χ0n) is 13.5. The van der Waals surface area contributed by atoms with Gasteiger partial charge >= 0.3 is 29.3 Å². The lowest BCUT2D eigenvalue weighted by atomic mass is 9.96. The Kier molecular flexibility index (Phi) is 4.81. The Morgan fingerprint density at radius 3 is 1.46 bits per heavy atom. The average Bonchev–Trinajstić information content (AvgIpc) is 2.97. The first-order valence-corrected chi connectivity index (χ1v) is 7.75. The number of imide groups is 2. The second-order valence-electron chi connectivity index (χ2n) is 6.18. The predicted octanol–water partition coefficient (Wildman–Crippen LogP) is -3.54. The number of hydrogen-bond acceptors (Lipinski definition) is 10. The van der Waals surface area contributed by atoms with Gasteiger partial charge < -0.3 is 19.8 Å². The van der Waals surface area contributed by atoms with E-state index in [1.54, 1.807) is 0 Å². The summed E-state index contributed by atoms with van der Waals surface area (Å²) in [6, 6.07) is 0. The van der Waals surface area contributed by atoms with Gasteiger partial charge in [0.2, 0.25) is 0 Å². The highest BCUT2D eigenvalue weighted by molar-refractivity contribution is 5.98. The van der Waals surface area contributed by atoms with Crippen LogP contribution in [0.2, 0.25) is 0 Å². The van der Waals surface area contributed by atoms with Gasteiger partial charge in [-0.05, 0) is 12.8 Å². The standard InChI is InChI=1S/C14H16N2O10/c17-8-3-4-9(18)15(8,25)14(13(23)24,7-1-2-12(21)22)16(26)10(19)5-6-11(16)20/h25-26H,1-7H2. The lowest BCUT2D eigenvalue weighted by Gasteiger charge is -2.45. The SMILES string of the molecule is O=C([O-])CCCC(C(=O)[O-])([N+]1(O)C(=O)CCC1=O)[N+]1(O)C(=O)CCC1=O. The molecule has 0 saturated carbocycles. The molecule has 2 fully saturated rings. The molecular formula is C14H16N2O10. The van der Waals surface area contributed by atoms with Crippen LogP contribution in [0.1, 0.15) is 44.9 Å². The molecule has 2 rings (SSSR count). The quantitative estimate of drug-likeness (QED) is 0.257. The molecule has 12 heteroatoms. The fourth-order valence-corrected chi connectivity index (χ4v) is 3.56. The molecule has 0 radical (unpaired) electrons. The van der Waals surface area contributed by atoms with Crippen LogP contribution in [0.3, 0.4) is 0 Å². The zero-order valence-corrected chi connectivity index (χ0v) is 13.5. The van der Waals surface area contributed by atoms with Gasteiger partial charge in [-0.3, -0.25) is 0 Å². The van der Waals surface area contributed by atoms with E-state index in [1.807, 2.05) is 0 Å². The summed E-state index contributed by atoms with van der Waals surface area (Å²) in [4.78, 5) is 71.5. The third-order valence-corrected chi connectivity index (χ3v) is 4.85. The fourth-order valence-electron chi connectivity index (χ4n) is 3.56. The Hall–Kier alpha value is -2.54. The normalized spacial score (nSPS) is 22.1. The van der Waals surface area contributed by atoms with E-state index in [0.717, 1.165) is 0 Å². The Morgan fingerprint density at radius 1 is 0.846 bits per heavy atom. The molecule has 0 spiro atoms. The lowest BCUT2D eigenvalue weighted by molar-refractivity contribution is -1.18. The topological polar surface area (TPSA) is 189 Å². The van der Waals surface area contributed by atoms with Crippen molar-refractivity contribution in [3.05, 3.63) is 0 Å². The number of aliphatic carboxylic acids is 2. The molecular weight excluding hydrogens is 356 g/mol. The molecule has 26 heavy (non-hydrogen) atoms. The fraction of sp³-hybridized carbons (Fsp3) is 0.571. The van der Waals surface area contributed by atoms with Gasteiger partial charge in [0.05, 0.1) is 32.1 Å². The van der Waals surface area contributed by atoms with Crippen molar-refractivity contribution in [2.45, 2.75) is 50.6 Å². The highest BCUT2D eigenvalue weighted by Crippen LogP contribution is 2.44. The molecule has 12 nitrogen and oxygen atoms in total. The highest BCUT2D eigenvalue weighted by Gasteiger charge is 2.81. The molecule has 2 aliphatic rings. The van der Waals surface area contributed by atoms with Crippen molar-refractivity contribution in [3.8, 4) is 0 Å². The average molecular weight is 372 g/mol. The van der Waals surface area contributed by atoms with Gasteiger partial charge in [0.15, 0.2) is 5.97 Å². The molecule has 4 amide bonds. The van der Waals surface area contributed by atoms with Crippen LogP contribution in [0.4, 0.5) is 0 Å². The van der Waals surface area contributed by atoms with Crippen LogP contribution in [-0.4, -0.2) is 60.9 Å². The minimum absolute atomic E-state index is 0.590. The van der Waals surface area contributed by atoms with Crippen LogP contribution in [0.15, 0.2) is 0 Å². The van der Waals surface area contributed by atoms with Gasteiger partial charge in [-0.25, -0.2) is 19.2 Å². The summed E-state index contributed by atoms with van der Waals surface area (Å²) in [5, 5.41) is 44.1. The van der Waals surface area contributed by atoms with Gasteiger partial charge in [0, 0.05) is 15.3 Å². The number of carbonyl (C=O) groups excluding carboxylic acids is 6. The Balaban J connectivity index is 2.74. The van der Waals surface area contributed by atoms with E-state index >= 15 is 0 Å². The molecule has 2 N–H and O–H groups in total. The van der Waals surface area contributed by atoms with E-state index in [0.29, 0.717) is 0 Å². The van der Waals surface area contributed by atoms with E-state index in [2.05, 4.69) is 0 Å². The molecule has 142 valence electrons. The molecule has 0 bridgehead atoms. The summed E-state index contributed by atoms with van der Waals surface area (Å²) >= 11 is 0. The largest absolute Gasteiger partial charge is 0.550 e. The van der Waals surface area contributed by atoms with Gasteiger partial charge in [-0.2, -0.15) is 10.4 Å². The number of carbonyl (C=O) groups is 6. The van der Waals surface area contributed by atoms with E-state index in [-0.39, 0.29) is 0 Å². The maximum Gasteiger partial charge on any atom is 0.359 e. The number of carboxylic acids is 2. The summed E-state index contributed by atoms with van der Waals surface area (Å²) in [5.41, 5.74) is -3.44. The minimum atomic E-state index is -3.44. The van der Waals surface area contributed by atoms with E-state index in [4.69, 9.17) is 0 Å². The van der Waals surface area contributed by atoms with Crippen LogP contribution >= 0.6 is 0 Å². The molecule has 0 atom stereocenters. The Labute approximate surface area is 145 Å². The molecule has 0 aromatic rings. The van der Waals surface area contributed by atoms with Crippen LogP contribution in [0.5, 0.6) is 0 Å². The van der Waals surface area contributed by atoms with Crippen molar-refractivity contribution >= 4 is 35.6 Å². The second kappa shape index (κ2) is 6.32. The number of quaternary nitrogens is 2. The van der Waals surface area contributed by atoms with E-state index in [1.165, 1.54) is 0 Å². The lowest BCUT2D eigenvalue weighted by Crippen LogP contribution is -2.85. The van der Waals surface area contributed by atoms with Crippen molar-refractivity contribution in [3.63, 3.8) is 0 Å². The maximum absolute atomic E-state index is 12.2. The minimum Gasteiger partial charge on any atom is -0.550 e. The third kappa shape index (κ3) is 2.30. The molecule has 2 saturated heterocycles.